The van der Waals surface area contributed by atoms with E-state index in [2.05, 4.69) is 17.4 Å². The topological polar surface area (TPSA) is 50.4 Å². The van der Waals surface area contributed by atoms with Crippen LogP contribution in [0.25, 0.3) is 0 Å². The first-order valence-corrected chi connectivity index (χ1v) is 4.60. The van der Waals surface area contributed by atoms with Gasteiger partial charge in [0.15, 0.2) is 0 Å². The summed E-state index contributed by atoms with van der Waals surface area (Å²) < 4.78 is 0. The van der Waals surface area contributed by atoms with Gasteiger partial charge < -0.3 is 5.32 Å². The zero-order valence-electron chi connectivity index (χ0n) is 7.71. The van der Waals surface area contributed by atoms with Gasteiger partial charge in [0.25, 0.3) is 5.91 Å². The molecule has 2 N–H and O–H groups in total. The lowest BCUT2D eigenvalue weighted by molar-refractivity contribution is -0.135. The van der Waals surface area contributed by atoms with E-state index in [0.29, 0.717) is 6.61 Å². The summed E-state index contributed by atoms with van der Waals surface area (Å²) in [6.07, 6.45) is 4.74. The van der Waals surface area contributed by atoms with E-state index in [0.717, 1.165) is 25.8 Å². The van der Waals surface area contributed by atoms with Gasteiger partial charge in [-0.2, -0.15) is 0 Å². The Balaban J connectivity index is 2.17. The Morgan fingerprint density at radius 3 is 3.15 bits per heavy atom. The number of carbonyl (C=O) groups excluding carboxylic acids is 1. The fourth-order valence-electron chi connectivity index (χ4n) is 1.32. The molecular formula is C9H16N2O2. The molecule has 0 aromatic carbocycles. The van der Waals surface area contributed by atoms with E-state index < -0.39 is 0 Å². The van der Waals surface area contributed by atoms with Gasteiger partial charge in [-0.25, -0.2) is 5.48 Å². The normalized spacial score (nSPS) is 22.3. The second kappa shape index (κ2) is 5.72. The molecule has 0 bridgehead atoms. The molecule has 0 spiro atoms. The van der Waals surface area contributed by atoms with Gasteiger partial charge in [-0.1, -0.05) is 12.5 Å². The summed E-state index contributed by atoms with van der Waals surface area (Å²) in [5.41, 5.74) is 2.38. The Labute approximate surface area is 78.3 Å². The van der Waals surface area contributed by atoms with Crippen molar-refractivity contribution in [2.24, 2.45) is 0 Å². The Bertz CT molecular complexity index is 176. The van der Waals surface area contributed by atoms with Crippen molar-refractivity contribution in [2.75, 3.05) is 13.2 Å². The van der Waals surface area contributed by atoms with Crippen LogP contribution in [0.1, 0.15) is 19.3 Å². The number of hydrogen-bond acceptors (Lipinski definition) is 3. The lowest BCUT2D eigenvalue weighted by Gasteiger charge is -2.21. The summed E-state index contributed by atoms with van der Waals surface area (Å²) in [7, 11) is 0. The first-order valence-electron chi connectivity index (χ1n) is 4.60. The molecule has 1 amide bonds. The van der Waals surface area contributed by atoms with E-state index in [-0.39, 0.29) is 11.9 Å². The zero-order chi connectivity index (χ0) is 9.52. The van der Waals surface area contributed by atoms with Crippen molar-refractivity contribution in [1.82, 2.24) is 10.8 Å². The molecule has 13 heavy (non-hydrogen) atoms. The predicted molar refractivity (Wildman–Crippen MR) is 49.9 cm³/mol. The minimum atomic E-state index is -0.0847. The van der Waals surface area contributed by atoms with Crippen molar-refractivity contribution in [3.63, 3.8) is 0 Å². The summed E-state index contributed by atoms with van der Waals surface area (Å²) in [6.45, 7) is 4.74. The van der Waals surface area contributed by atoms with E-state index in [4.69, 9.17) is 4.84 Å². The molecule has 1 aliphatic heterocycles. The van der Waals surface area contributed by atoms with Gasteiger partial charge in [0.2, 0.25) is 0 Å². The van der Waals surface area contributed by atoms with Gasteiger partial charge in [0, 0.05) is 0 Å². The highest BCUT2D eigenvalue weighted by molar-refractivity contribution is 5.80. The number of piperidine rings is 1. The number of amides is 1. The van der Waals surface area contributed by atoms with Crippen LogP contribution in [0.5, 0.6) is 0 Å². The Hall–Kier alpha value is -0.870. The van der Waals surface area contributed by atoms with Crippen LogP contribution in [0.3, 0.4) is 0 Å². The fourth-order valence-corrected chi connectivity index (χ4v) is 1.32. The van der Waals surface area contributed by atoms with E-state index in [9.17, 15) is 4.79 Å². The number of nitrogens with one attached hydrogen (secondary N) is 2. The van der Waals surface area contributed by atoms with Gasteiger partial charge in [0.05, 0.1) is 12.6 Å². The highest BCUT2D eigenvalue weighted by atomic mass is 16.6. The molecule has 1 fully saturated rings. The molecule has 1 heterocycles. The first kappa shape index (κ1) is 10.2. The van der Waals surface area contributed by atoms with Crippen molar-refractivity contribution >= 4 is 5.91 Å². The molecule has 0 aromatic heterocycles. The lowest BCUT2D eigenvalue weighted by atomic mass is 10.1. The summed E-state index contributed by atoms with van der Waals surface area (Å²) >= 11 is 0. The molecule has 1 saturated heterocycles. The summed E-state index contributed by atoms with van der Waals surface area (Å²) in [5.74, 6) is -0.0819. The SMILES string of the molecule is C=CCONC(=O)C1CCCCN1. The van der Waals surface area contributed by atoms with E-state index in [1.807, 2.05) is 0 Å². The minimum Gasteiger partial charge on any atom is -0.306 e. The van der Waals surface area contributed by atoms with Crippen LogP contribution in [-0.4, -0.2) is 25.1 Å². The van der Waals surface area contributed by atoms with Crippen LogP contribution in [-0.2, 0) is 9.63 Å². The maximum absolute atomic E-state index is 11.3. The molecule has 1 unspecified atom stereocenters. The molecule has 1 atom stereocenters. The molecule has 4 heteroatoms. The summed E-state index contributed by atoms with van der Waals surface area (Å²) in [5, 5.41) is 3.13. The smallest absolute Gasteiger partial charge is 0.260 e. The van der Waals surface area contributed by atoms with Crippen LogP contribution in [0, 0.1) is 0 Å². The van der Waals surface area contributed by atoms with Gasteiger partial charge >= 0.3 is 0 Å². The minimum absolute atomic E-state index is 0.0819. The van der Waals surface area contributed by atoms with Crippen LogP contribution in [0.15, 0.2) is 12.7 Å². The highest BCUT2D eigenvalue weighted by Gasteiger charge is 2.19. The van der Waals surface area contributed by atoms with Crippen molar-refractivity contribution in [3.05, 3.63) is 12.7 Å². The third-order valence-electron chi connectivity index (χ3n) is 2.00. The molecule has 1 aliphatic rings. The second-order valence-corrected chi connectivity index (χ2v) is 3.07. The second-order valence-electron chi connectivity index (χ2n) is 3.07. The van der Waals surface area contributed by atoms with E-state index >= 15 is 0 Å². The largest absolute Gasteiger partial charge is 0.306 e. The van der Waals surface area contributed by atoms with Crippen molar-refractivity contribution in [2.45, 2.75) is 25.3 Å². The zero-order valence-corrected chi connectivity index (χ0v) is 7.71. The molecule has 0 saturated carbocycles. The van der Waals surface area contributed by atoms with Gasteiger partial charge in [-0.15, -0.1) is 6.58 Å². The lowest BCUT2D eigenvalue weighted by Crippen LogP contribution is -2.46. The molecule has 4 nitrogen and oxygen atoms in total. The molecule has 74 valence electrons. The first-order chi connectivity index (χ1) is 6.34. The maximum atomic E-state index is 11.3. The average molecular weight is 184 g/mol. The van der Waals surface area contributed by atoms with Crippen molar-refractivity contribution in [1.29, 1.82) is 0 Å². The highest BCUT2D eigenvalue weighted by Crippen LogP contribution is 2.06. The van der Waals surface area contributed by atoms with Crippen LogP contribution >= 0.6 is 0 Å². The fraction of sp³-hybridized carbons (Fsp3) is 0.667. The average Bonchev–Trinajstić information content (AvgIpc) is 2.19. The van der Waals surface area contributed by atoms with Crippen molar-refractivity contribution in [3.8, 4) is 0 Å². The quantitative estimate of drug-likeness (QED) is 0.377. The molecule has 0 aromatic rings. The van der Waals surface area contributed by atoms with Crippen LogP contribution < -0.4 is 10.8 Å². The number of rotatable bonds is 4. The Morgan fingerprint density at radius 1 is 1.69 bits per heavy atom. The standard InChI is InChI=1S/C9H16N2O2/c1-2-7-13-11-9(12)8-5-3-4-6-10-8/h2,8,10H,1,3-7H2,(H,11,12). The monoisotopic (exact) mass is 184 g/mol. The molecular weight excluding hydrogens is 168 g/mol. The molecule has 0 aliphatic carbocycles. The van der Waals surface area contributed by atoms with Gasteiger partial charge in [0.1, 0.15) is 0 Å². The Morgan fingerprint density at radius 2 is 2.54 bits per heavy atom. The maximum Gasteiger partial charge on any atom is 0.260 e. The van der Waals surface area contributed by atoms with E-state index in [1.165, 1.54) is 0 Å². The number of hydroxylamine groups is 1. The van der Waals surface area contributed by atoms with Crippen LogP contribution in [0.4, 0.5) is 0 Å². The number of hydrogen-bond donors (Lipinski definition) is 2. The third-order valence-corrected chi connectivity index (χ3v) is 2.00. The molecule has 1 rings (SSSR count). The predicted octanol–water partition coefficient (Wildman–Crippen LogP) is 0.362. The summed E-state index contributed by atoms with van der Waals surface area (Å²) in [6, 6.07) is -0.0847. The Kier molecular flexibility index (Phi) is 4.49. The third kappa shape index (κ3) is 3.57. The van der Waals surface area contributed by atoms with Gasteiger partial charge in [-0.05, 0) is 19.4 Å². The summed E-state index contributed by atoms with van der Waals surface area (Å²) in [4.78, 5) is 16.2. The number of carbonyl (C=O) groups is 1. The molecule has 0 radical (unpaired) electrons. The van der Waals surface area contributed by atoms with Crippen molar-refractivity contribution < 1.29 is 9.63 Å². The van der Waals surface area contributed by atoms with Crippen LogP contribution in [0.2, 0.25) is 0 Å². The van der Waals surface area contributed by atoms with E-state index in [1.54, 1.807) is 6.08 Å². The van der Waals surface area contributed by atoms with Gasteiger partial charge in [-0.3, -0.25) is 9.63 Å².